The molecule has 1 aromatic carbocycles. The van der Waals surface area contributed by atoms with Crippen molar-refractivity contribution < 1.29 is 9.13 Å². The van der Waals surface area contributed by atoms with Gasteiger partial charge in [0, 0.05) is 19.7 Å². The maximum absolute atomic E-state index is 14.2. The van der Waals surface area contributed by atoms with Crippen LogP contribution in [0.15, 0.2) is 18.2 Å². The summed E-state index contributed by atoms with van der Waals surface area (Å²) in [5.41, 5.74) is 1.71. The largest absolute Gasteiger partial charge is 0.379 e. The average molecular weight is 266 g/mol. The maximum Gasteiger partial charge on any atom is 0.146 e. The van der Waals surface area contributed by atoms with E-state index in [-0.39, 0.29) is 17.9 Å². The second kappa shape index (κ2) is 6.35. The molecule has 0 amide bonds. The van der Waals surface area contributed by atoms with Gasteiger partial charge in [0.1, 0.15) is 5.82 Å². The van der Waals surface area contributed by atoms with Crippen molar-refractivity contribution in [3.8, 4) is 0 Å². The Labute approximate surface area is 114 Å². The molecule has 106 valence electrons. The number of para-hydroxylation sites is 1. The molecule has 1 aromatic rings. The summed E-state index contributed by atoms with van der Waals surface area (Å²) in [4.78, 5) is 2.03. The normalized spacial score (nSPS) is 20.5. The minimum Gasteiger partial charge on any atom is -0.379 e. The minimum atomic E-state index is -0.156. The summed E-state index contributed by atoms with van der Waals surface area (Å²) < 4.78 is 19.7. The lowest BCUT2D eigenvalue weighted by molar-refractivity contribution is 0.193. The Bertz CT molecular complexity index is 419. The van der Waals surface area contributed by atoms with Gasteiger partial charge in [0.15, 0.2) is 0 Å². The lowest BCUT2D eigenvalue weighted by Gasteiger charge is -2.30. The van der Waals surface area contributed by atoms with Crippen LogP contribution in [-0.2, 0) is 4.74 Å². The van der Waals surface area contributed by atoms with E-state index in [1.54, 1.807) is 6.07 Å². The van der Waals surface area contributed by atoms with Crippen molar-refractivity contribution >= 4 is 5.69 Å². The Morgan fingerprint density at radius 1 is 1.53 bits per heavy atom. The highest BCUT2D eigenvalue weighted by Gasteiger charge is 2.25. The molecule has 3 nitrogen and oxygen atoms in total. The zero-order chi connectivity index (χ0) is 13.8. The summed E-state index contributed by atoms with van der Waals surface area (Å²) in [6, 6.07) is 5.72. The van der Waals surface area contributed by atoms with Crippen LogP contribution in [0.1, 0.15) is 31.9 Å². The molecule has 1 aliphatic rings. The Morgan fingerprint density at radius 2 is 2.32 bits per heavy atom. The number of hydrogen-bond donors (Lipinski definition) is 1. The van der Waals surface area contributed by atoms with Gasteiger partial charge in [-0.15, -0.1) is 0 Å². The number of likely N-dealkylation sites (N-methyl/N-ethyl adjacent to an activating group) is 1. The van der Waals surface area contributed by atoms with E-state index in [0.717, 1.165) is 25.1 Å². The standard InChI is InChI=1S/C15H23FN2O/c1-4-17-11(2)13-6-5-7-14(16)15(13)18(3)12-8-9-19-10-12/h5-7,11-12,17H,4,8-10H2,1-3H3. The molecule has 0 aromatic heterocycles. The zero-order valence-corrected chi connectivity index (χ0v) is 11.9. The molecule has 1 saturated heterocycles. The predicted molar refractivity (Wildman–Crippen MR) is 76.1 cm³/mol. The predicted octanol–water partition coefficient (Wildman–Crippen LogP) is 2.72. The highest BCUT2D eigenvalue weighted by molar-refractivity contribution is 5.56. The Kier molecular flexibility index (Phi) is 4.77. The Hall–Kier alpha value is -1.13. The number of anilines is 1. The molecule has 19 heavy (non-hydrogen) atoms. The number of nitrogens with one attached hydrogen (secondary N) is 1. The molecule has 1 heterocycles. The zero-order valence-electron chi connectivity index (χ0n) is 11.9. The molecular weight excluding hydrogens is 243 g/mol. The van der Waals surface area contributed by atoms with Gasteiger partial charge in [0.25, 0.3) is 0 Å². The smallest absolute Gasteiger partial charge is 0.146 e. The van der Waals surface area contributed by atoms with Crippen molar-refractivity contribution in [1.29, 1.82) is 0 Å². The maximum atomic E-state index is 14.2. The van der Waals surface area contributed by atoms with Crippen LogP contribution in [0.4, 0.5) is 10.1 Å². The molecule has 4 heteroatoms. The highest BCUT2D eigenvalue weighted by Crippen LogP contribution is 2.31. The lowest BCUT2D eigenvalue weighted by atomic mass is 10.0. The molecule has 0 bridgehead atoms. The molecule has 0 spiro atoms. The van der Waals surface area contributed by atoms with E-state index >= 15 is 0 Å². The van der Waals surface area contributed by atoms with E-state index in [0.29, 0.717) is 12.3 Å². The third-order valence-electron chi connectivity index (χ3n) is 3.80. The molecule has 0 aliphatic carbocycles. The van der Waals surface area contributed by atoms with Crippen LogP contribution < -0.4 is 10.2 Å². The van der Waals surface area contributed by atoms with E-state index in [1.165, 1.54) is 6.07 Å². The molecule has 2 unspecified atom stereocenters. The summed E-state index contributed by atoms with van der Waals surface area (Å²) in [6.07, 6.45) is 0.958. The number of benzene rings is 1. The fourth-order valence-electron chi connectivity index (χ4n) is 2.68. The third-order valence-corrected chi connectivity index (χ3v) is 3.80. The van der Waals surface area contributed by atoms with Gasteiger partial charge >= 0.3 is 0 Å². The van der Waals surface area contributed by atoms with E-state index in [1.807, 2.05) is 18.0 Å². The summed E-state index contributed by atoms with van der Waals surface area (Å²) in [7, 11) is 1.96. The molecule has 2 rings (SSSR count). The first-order chi connectivity index (χ1) is 9.15. The summed E-state index contributed by atoms with van der Waals surface area (Å²) in [6.45, 7) is 6.44. The summed E-state index contributed by atoms with van der Waals surface area (Å²) in [5, 5.41) is 3.35. The van der Waals surface area contributed by atoms with Crippen molar-refractivity contribution in [2.24, 2.45) is 0 Å². The Balaban J connectivity index is 2.31. The molecular formula is C15H23FN2O. The second-order valence-electron chi connectivity index (χ2n) is 5.09. The van der Waals surface area contributed by atoms with Gasteiger partial charge < -0.3 is 15.0 Å². The first kappa shape index (κ1) is 14.3. The van der Waals surface area contributed by atoms with Crippen LogP contribution in [0.2, 0.25) is 0 Å². The van der Waals surface area contributed by atoms with Crippen LogP contribution in [0.25, 0.3) is 0 Å². The number of rotatable bonds is 5. The topological polar surface area (TPSA) is 24.5 Å². The molecule has 0 saturated carbocycles. The van der Waals surface area contributed by atoms with Crippen molar-refractivity contribution in [2.45, 2.75) is 32.4 Å². The van der Waals surface area contributed by atoms with Crippen molar-refractivity contribution in [1.82, 2.24) is 5.32 Å². The van der Waals surface area contributed by atoms with Gasteiger partial charge in [-0.1, -0.05) is 19.1 Å². The van der Waals surface area contributed by atoms with Gasteiger partial charge in [0.05, 0.1) is 18.3 Å². The van der Waals surface area contributed by atoms with Crippen LogP contribution in [0.5, 0.6) is 0 Å². The fraction of sp³-hybridized carbons (Fsp3) is 0.600. The molecule has 1 fully saturated rings. The van der Waals surface area contributed by atoms with Crippen LogP contribution >= 0.6 is 0 Å². The minimum absolute atomic E-state index is 0.139. The summed E-state index contributed by atoms with van der Waals surface area (Å²) >= 11 is 0. The number of halogens is 1. The fourth-order valence-corrected chi connectivity index (χ4v) is 2.68. The van der Waals surface area contributed by atoms with Crippen molar-refractivity contribution in [2.75, 3.05) is 31.7 Å². The van der Waals surface area contributed by atoms with Crippen LogP contribution in [-0.4, -0.2) is 32.8 Å². The van der Waals surface area contributed by atoms with Crippen LogP contribution in [0, 0.1) is 5.82 Å². The van der Waals surface area contributed by atoms with Gasteiger partial charge in [-0.2, -0.15) is 0 Å². The quantitative estimate of drug-likeness (QED) is 0.887. The first-order valence-corrected chi connectivity index (χ1v) is 6.97. The van der Waals surface area contributed by atoms with Gasteiger partial charge in [0.2, 0.25) is 0 Å². The Morgan fingerprint density at radius 3 is 2.95 bits per heavy atom. The number of ether oxygens (including phenoxy) is 1. The molecule has 1 aliphatic heterocycles. The van der Waals surface area contributed by atoms with E-state index in [2.05, 4.69) is 19.2 Å². The number of nitrogens with zero attached hydrogens (tertiary/aromatic N) is 1. The summed E-state index contributed by atoms with van der Waals surface area (Å²) in [5.74, 6) is -0.156. The van der Waals surface area contributed by atoms with E-state index in [9.17, 15) is 4.39 Å². The second-order valence-corrected chi connectivity index (χ2v) is 5.09. The number of hydrogen-bond acceptors (Lipinski definition) is 3. The van der Waals surface area contributed by atoms with Gasteiger partial charge in [-0.05, 0) is 31.5 Å². The highest BCUT2D eigenvalue weighted by atomic mass is 19.1. The van der Waals surface area contributed by atoms with Crippen LogP contribution in [0.3, 0.4) is 0 Å². The monoisotopic (exact) mass is 266 g/mol. The SMILES string of the molecule is CCNC(C)c1cccc(F)c1N(C)C1CCOC1. The van der Waals surface area contributed by atoms with Gasteiger partial charge in [-0.25, -0.2) is 4.39 Å². The molecule has 2 atom stereocenters. The van der Waals surface area contributed by atoms with Crippen molar-refractivity contribution in [3.63, 3.8) is 0 Å². The van der Waals surface area contributed by atoms with Crippen molar-refractivity contribution in [3.05, 3.63) is 29.6 Å². The average Bonchev–Trinajstić information content (AvgIpc) is 2.92. The molecule has 0 radical (unpaired) electrons. The molecule has 1 N–H and O–H groups in total. The third kappa shape index (κ3) is 3.07. The van der Waals surface area contributed by atoms with Gasteiger partial charge in [-0.3, -0.25) is 0 Å². The lowest BCUT2D eigenvalue weighted by Crippen LogP contribution is -2.34. The van der Waals surface area contributed by atoms with E-state index in [4.69, 9.17) is 4.74 Å². The van der Waals surface area contributed by atoms with E-state index < -0.39 is 0 Å². The first-order valence-electron chi connectivity index (χ1n) is 6.97.